The second-order valence-corrected chi connectivity index (χ2v) is 6.67. The SMILES string of the molecule is CCc1ccc(NC(=O)CCn2cnc3onc(-c4ccccc4)c3c2=O)cc1. The van der Waals surface area contributed by atoms with Gasteiger partial charge in [0.15, 0.2) is 0 Å². The van der Waals surface area contributed by atoms with E-state index in [1.807, 2.05) is 54.6 Å². The summed E-state index contributed by atoms with van der Waals surface area (Å²) in [5.74, 6) is -0.171. The number of nitrogens with one attached hydrogen (secondary N) is 1. The van der Waals surface area contributed by atoms with Gasteiger partial charge in [-0.2, -0.15) is 0 Å². The van der Waals surface area contributed by atoms with E-state index >= 15 is 0 Å². The lowest BCUT2D eigenvalue weighted by atomic mass is 10.1. The van der Waals surface area contributed by atoms with Gasteiger partial charge in [0.05, 0.1) is 0 Å². The number of nitrogens with zero attached hydrogens (tertiary/aromatic N) is 3. The lowest BCUT2D eigenvalue weighted by Crippen LogP contribution is -2.23. The average Bonchev–Trinajstić information content (AvgIpc) is 3.19. The van der Waals surface area contributed by atoms with Crippen LogP contribution in [0.25, 0.3) is 22.4 Å². The first-order valence-electron chi connectivity index (χ1n) is 9.44. The fraction of sp³-hybridized carbons (Fsp3) is 0.182. The first kappa shape index (κ1) is 18.6. The maximum absolute atomic E-state index is 12.9. The van der Waals surface area contributed by atoms with E-state index in [0.29, 0.717) is 11.1 Å². The summed E-state index contributed by atoms with van der Waals surface area (Å²) >= 11 is 0. The number of carbonyl (C=O) groups is 1. The van der Waals surface area contributed by atoms with Crippen molar-refractivity contribution in [3.05, 3.63) is 76.8 Å². The highest BCUT2D eigenvalue weighted by molar-refractivity contribution is 5.91. The fourth-order valence-corrected chi connectivity index (χ4v) is 3.10. The summed E-state index contributed by atoms with van der Waals surface area (Å²) in [5.41, 5.74) is 3.07. The first-order valence-corrected chi connectivity index (χ1v) is 9.44. The van der Waals surface area contributed by atoms with Gasteiger partial charge in [-0.1, -0.05) is 54.5 Å². The van der Waals surface area contributed by atoms with Crippen LogP contribution in [0.5, 0.6) is 0 Å². The van der Waals surface area contributed by atoms with Crippen LogP contribution in [0, 0.1) is 0 Å². The molecular weight excluding hydrogens is 368 g/mol. The molecule has 0 bridgehead atoms. The van der Waals surface area contributed by atoms with Crippen molar-refractivity contribution in [3.8, 4) is 11.3 Å². The first-order chi connectivity index (χ1) is 14.2. The highest BCUT2D eigenvalue weighted by atomic mass is 16.5. The van der Waals surface area contributed by atoms with Crippen molar-refractivity contribution in [2.24, 2.45) is 0 Å². The third-order valence-corrected chi connectivity index (χ3v) is 4.74. The van der Waals surface area contributed by atoms with E-state index in [1.165, 1.54) is 16.5 Å². The van der Waals surface area contributed by atoms with E-state index in [1.54, 1.807) is 0 Å². The molecule has 0 radical (unpaired) electrons. The van der Waals surface area contributed by atoms with E-state index in [4.69, 9.17) is 4.52 Å². The molecular formula is C22H20N4O3. The van der Waals surface area contributed by atoms with Crippen LogP contribution in [-0.4, -0.2) is 20.6 Å². The molecule has 2 aromatic carbocycles. The maximum Gasteiger partial charge on any atom is 0.266 e. The molecule has 7 nitrogen and oxygen atoms in total. The number of benzene rings is 2. The molecule has 0 aliphatic carbocycles. The van der Waals surface area contributed by atoms with Crippen molar-refractivity contribution < 1.29 is 9.32 Å². The Morgan fingerprint density at radius 3 is 2.59 bits per heavy atom. The van der Waals surface area contributed by atoms with Gasteiger partial charge in [0, 0.05) is 24.2 Å². The molecule has 29 heavy (non-hydrogen) atoms. The molecule has 146 valence electrons. The molecule has 0 unspecified atom stereocenters. The van der Waals surface area contributed by atoms with Crippen molar-refractivity contribution >= 4 is 22.7 Å². The predicted molar refractivity (Wildman–Crippen MR) is 111 cm³/mol. The van der Waals surface area contributed by atoms with Crippen molar-refractivity contribution in [1.82, 2.24) is 14.7 Å². The third kappa shape index (κ3) is 3.94. The Balaban J connectivity index is 1.51. The highest BCUT2D eigenvalue weighted by Crippen LogP contribution is 2.23. The largest absolute Gasteiger partial charge is 0.335 e. The lowest BCUT2D eigenvalue weighted by Gasteiger charge is -2.07. The number of aromatic nitrogens is 3. The van der Waals surface area contributed by atoms with Gasteiger partial charge in [0.25, 0.3) is 11.3 Å². The Morgan fingerprint density at radius 1 is 1.10 bits per heavy atom. The number of aryl methyl sites for hydroxylation is 2. The van der Waals surface area contributed by atoms with Crippen LogP contribution in [0.15, 0.2) is 70.2 Å². The van der Waals surface area contributed by atoms with E-state index < -0.39 is 0 Å². The van der Waals surface area contributed by atoms with Crippen LogP contribution in [0.1, 0.15) is 18.9 Å². The van der Waals surface area contributed by atoms with Crippen LogP contribution in [0.4, 0.5) is 5.69 Å². The van der Waals surface area contributed by atoms with Gasteiger partial charge < -0.3 is 9.84 Å². The molecule has 0 aliphatic rings. The highest BCUT2D eigenvalue weighted by Gasteiger charge is 2.17. The minimum Gasteiger partial charge on any atom is -0.335 e. The van der Waals surface area contributed by atoms with Crippen molar-refractivity contribution in [2.75, 3.05) is 5.32 Å². The molecule has 2 heterocycles. The summed E-state index contributed by atoms with van der Waals surface area (Å²) < 4.78 is 6.62. The molecule has 0 spiro atoms. The summed E-state index contributed by atoms with van der Waals surface area (Å²) in [6.07, 6.45) is 2.48. The van der Waals surface area contributed by atoms with Gasteiger partial charge in [0.2, 0.25) is 5.91 Å². The Labute approximate surface area is 167 Å². The standard InChI is InChI=1S/C22H20N4O3/c1-2-15-8-10-17(11-9-15)24-18(27)12-13-26-14-23-21-19(22(26)28)20(25-29-21)16-6-4-3-5-7-16/h3-11,14H,2,12-13H2,1H3,(H,24,27). The van der Waals surface area contributed by atoms with Gasteiger partial charge in [0.1, 0.15) is 17.4 Å². The lowest BCUT2D eigenvalue weighted by molar-refractivity contribution is -0.116. The Kier molecular flexibility index (Phi) is 5.20. The zero-order valence-electron chi connectivity index (χ0n) is 16.0. The fourth-order valence-electron chi connectivity index (χ4n) is 3.10. The van der Waals surface area contributed by atoms with Crippen LogP contribution >= 0.6 is 0 Å². The minimum absolute atomic E-state index is 0.147. The van der Waals surface area contributed by atoms with Gasteiger partial charge in [-0.3, -0.25) is 14.2 Å². The predicted octanol–water partition coefficient (Wildman–Crippen LogP) is 3.64. The average molecular weight is 388 g/mol. The number of amides is 1. The number of hydrogen-bond donors (Lipinski definition) is 1. The number of hydrogen-bond acceptors (Lipinski definition) is 5. The molecule has 1 amide bonds. The topological polar surface area (TPSA) is 90.0 Å². The molecule has 7 heteroatoms. The van der Waals surface area contributed by atoms with Gasteiger partial charge in [-0.25, -0.2) is 4.98 Å². The summed E-state index contributed by atoms with van der Waals surface area (Å²) in [6.45, 7) is 2.29. The van der Waals surface area contributed by atoms with Crippen LogP contribution in [0.3, 0.4) is 0 Å². The molecule has 0 aliphatic heterocycles. The number of anilines is 1. The van der Waals surface area contributed by atoms with Gasteiger partial charge in [-0.15, -0.1) is 0 Å². The van der Waals surface area contributed by atoms with Gasteiger partial charge in [-0.05, 0) is 24.1 Å². The Morgan fingerprint density at radius 2 is 1.86 bits per heavy atom. The molecule has 0 fully saturated rings. The van der Waals surface area contributed by atoms with Crippen LogP contribution in [0.2, 0.25) is 0 Å². The number of fused-ring (bicyclic) bond motifs is 1. The van der Waals surface area contributed by atoms with Crippen LogP contribution in [-0.2, 0) is 17.8 Å². The monoisotopic (exact) mass is 388 g/mol. The molecule has 4 aromatic rings. The number of rotatable bonds is 6. The molecule has 2 aromatic heterocycles. The summed E-state index contributed by atoms with van der Waals surface area (Å²) in [4.78, 5) is 29.4. The van der Waals surface area contributed by atoms with Crippen molar-refractivity contribution in [1.29, 1.82) is 0 Å². The Bertz CT molecular complexity index is 1190. The second-order valence-electron chi connectivity index (χ2n) is 6.67. The van der Waals surface area contributed by atoms with E-state index in [2.05, 4.69) is 22.4 Å². The van der Waals surface area contributed by atoms with E-state index in [-0.39, 0.29) is 30.1 Å². The minimum atomic E-state index is -0.282. The second kappa shape index (κ2) is 8.10. The summed E-state index contributed by atoms with van der Waals surface area (Å²) in [7, 11) is 0. The van der Waals surface area contributed by atoms with Gasteiger partial charge >= 0.3 is 0 Å². The molecule has 4 rings (SSSR count). The third-order valence-electron chi connectivity index (χ3n) is 4.74. The Hall–Kier alpha value is -3.74. The zero-order valence-corrected chi connectivity index (χ0v) is 16.0. The normalized spacial score (nSPS) is 10.9. The quantitative estimate of drug-likeness (QED) is 0.545. The van der Waals surface area contributed by atoms with Crippen molar-refractivity contribution in [3.63, 3.8) is 0 Å². The molecule has 0 atom stereocenters. The van der Waals surface area contributed by atoms with Crippen LogP contribution < -0.4 is 10.9 Å². The maximum atomic E-state index is 12.9. The number of carbonyl (C=O) groups excluding carboxylic acids is 1. The van der Waals surface area contributed by atoms with E-state index in [9.17, 15) is 9.59 Å². The molecule has 1 N–H and O–H groups in total. The van der Waals surface area contributed by atoms with E-state index in [0.717, 1.165) is 17.7 Å². The van der Waals surface area contributed by atoms with Crippen molar-refractivity contribution in [2.45, 2.75) is 26.3 Å². The molecule has 0 saturated carbocycles. The zero-order chi connectivity index (χ0) is 20.2. The smallest absolute Gasteiger partial charge is 0.266 e. The molecule has 0 saturated heterocycles. The summed E-state index contributed by atoms with van der Waals surface area (Å²) in [5, 5.41) is 7.16. The summed E-state index contributed by atoms with van der Waals surface area (Å²) in [6, 6.07) is 17.0.